The van der Waals surface area contributed by atoms with Crippen molar-refractivity contribution in [2.24, 2.45) is 5.41 Å². The average Bonchev–Trinajstić information content (AvgIpc) is 2.50. The van der Waals surface area contributed by atoms with Crippen molar-refractivity contribution < 1.29 is 14.6 Å². The number of hydrogen-bond donors (Lipinski definition) is 1. The van der Waals surface area contributed by atoms with Crippen LogP contribution in [-0.2, 0) is 9.53 Å². The van der Waals surface area contributed by atoms with Crippen LogP contribution in [0.3, 0.4) is 0 Å². The first-order valence-corrected chi connectivity index (χ1v) is 9.15. The van der Waals surface area contributed by atoms with Crippen molar-refractivity contribution in [3.05, 3.63) is 46.6 Å². The summed E-state index contributed by atoms with van der Waals surface area (Å²) in [6.07, 6.45) is 11.6. The van der Waals surface area contributed by atoms with Crippen LogP contribution in [0, 0.1) is 5.41 Å². The fraction of sp³-hybridized carbons (Fsp3) is 0.591. The highest BCUT2D eigenvalue weighted by molar-refractivity contribution is 5.66. The van der Waals surface area contributed by atoms with E-state index >= 15 is 0 Å². The monoisotopic (exact) mass is 346 g/mol. The average molecular weight is 347 g/mol. The second-order valence-electron chi connectivity index (χ2n) is 7.70. The molecule has 0 saturated carbocycles. The SMILES string of the molecule is CC(=O)OC/C=C(\C)C=CC(O)/C(C)=C/CC1=C(C)CCCC1(C)C. The van der Waals surface area contributed by atoms with E-state index in [1.807, 2.05) is 26.0 Å². The van der Waals surface area contributed by atoms with Gasteiger partial charge in [0.25, 0.3) is 0 Å². The molecule has 3 nitrogen and oxygen atoms in total. The maximum atomic E-state index is 10.7. The number of allylic oxidation sites excluding steroid dienone is 5. The first-order chi connectivity index (χ1) is 11.6. The van der Waals surface area contributed by atoms with Crippen LogP contribution in [0.15, 0.2) is 46.6 Å². The molecule has 1 aliphatic rings. The third-order valence-electron chi connectivity index (χ3n) is 5.01. The number of hydrogen-bond acceptors (Lipinski definition) is 3. The third kappa shape index (κ3) is 7.43. The maximum Gasteiger partial charge on any atom is 0.302 e. The number of aliphatic hydroxyl groups excluding tert-OH is 1. The number of carbonyl (C=O) groups excluding carboxylic acids is 1. The highest BCUT2D eigenvalue weighted by atomic mass is 16.5. The third-order valence-corrected chi connectivity index (χ3v) is 5.01. The zero-order chi connectivity index (χ0) is 19.0. The standard InChI is InChI=1S/C22H34O3/c1-16(13-15-25-19(4)23)9-12-21(24)18(3)10-11-20-17(2)8-7-14-22(20,5)6/h9-10,12-13,21,24H,7-8,11,14-15H2,1-6H3/b12-9?,16-13+,18-10+. The van der Waals surface area contributed by atoms with Crippen molar-refractivity contribution in [1.29, 1.82) is 0 Å². The molecule has 3 heteroatoms. The van der Waals surface area contributed by atoms with Gasteiger partial charge in [-0.2, -0.15) is 0 Å². The molecule has 0 bridgehead atoms. The Morgan fingerprint density at radius 3 is 2.56 bits per heavy atom. The lowest BCUT2D eigenvalue weighted by Crippen LogP contribution is -2.20. The molecule has 0 aromatic rings. The summed E-state index contributed by atoms with van der Waals surface area (Å²) >= 11 is 0. The molecule has 140 valence electrons. The molecule has 1 unspecified atom stereocenters. The van der Waals surface area contributed by atoms with Gasteiger partial charge in [-0.3, -0.25) is 4.79 Å². The predicted molar refractivity (Wildman–Crippen MR) is 104 cm³/mol. The van der Waals surface area contributed by atoms with E-state index in [4.69, 9.17) is 4.74 Å². The molecule has 1 atom stereocenters. The van der Waals surface area contributed by atoms with Crippen LogP contribution in [-0.4, -0.2) is 23.8 Å². The molecule has 0 aliphatic heterocycles. The Morgan fingerprint density at radius 2 is 1.96 bits per heavy atom. The Balaban J connectivity index is 2.66. The Morgan fingerprint density at radius 1 is 1.28 bits per heavy atom. The van der Waals surface area contributed by atoms with Gasteiger partial charge in [0.2, 0.25) is 0 Å². The number of aliphatic hydroxyl groups is 1. The van der Waals surface area contributed by atoms with E-state index in [-0.39, 0.29) is 18.0 Å². The van der Waals surface area contributed by atoms with E-state index in [1.54, 1.807) is 6.08 Å². The van der Waals surface area contributed by atoms with Crippen LogP contribution in [0.4, 0.5) is 0 Å². The van der Waals surface area contributed by atoms with Gasteiger partial charge in [0, 0.05) is 6.92 Å². The van der Waals surface area contributed by atoms with Gasteiger partial charge in [-0.25, -0.2) is 0 Å². The topological polar surface area (TPSA) is 46.5 Å². The molecular weight excluding hydrogens is 312 g/mol. The van der Waals surface area contributed by atoms with Crippen LogP contribution in [0.2, 0.25) is 0 Å². The normalized spacial score (nSPS) is 20.1. The predicted octanol–water partition coefficient (Wildman–Crippen LogP) is 5.28. The molecule has 0 aromatic carbocycles. The lowest BCUT2D eigenvalue weighted by molar-refractivity contribution is -0.139. The summed E-state index contributed by atoms with van der Waals surface area (Å²) in [7, 11) is 0. The first-order valence-electron chi connectivity index (χ1n) is 9.15. The summed E-state index contributed by atoms with van der Waals surface area (Å²) in [5, 5.41) is 10.3. The van der Waals surface area contributed by atoms with Crippen molar-refractivity contribution in [3.63, 3.8) is 0 Å². The molecule has 0 spiro atoms. The number of esters is 1. The van der Waals surface area contributed by atoms with Crippen LogP contribution in [0.1, 0.15) is 67.2 Å². The molecule has 0 fully saturated rings. The highest BCUT2D eigenvalue weighted by Gasteiger charge is 2.27. The summed E-state index contributed by atoms with van der Waals surface area (Å²) in [5.41, 5.74) is 5.21. The molecule has 1 N–H and O–H groups in total. The van der Waals surface area contributed by atoms with Gasteiger partial charge in [0.15, 0.2) is 0 Å². The summed E-state index contributed by atoms with van der Waals surface area (Å²) in [6, 6.07) is 0. The smallest absolute Gasteiger partial charge is 0.302 e. The van der Waals surface area contributed by atoms with E-state index in [2.05, 4.69) is 26.8 Å². The quantitative estimate of drug-likeness (QED) is 0.388. The Hall–Kier alpha value is -1.61. The fourth-order valence-corrected chi connectivity index (χ4v) is 3.26. The van der Waals surface area contributed by atoms with E-state index in [9.17, 15) is 9.90 Å². The second-order valence-corrected chi connectivity index (χ2v) is 7.70. The van der Waals surface area contributed by atoms with Crippen molar-refractivity contribution in [2.75, 3.05) is 6.61 Å². The van der Waals surface area contributed by atoms with Crippen LogP contribution in [0.5, 0.6) is 0 Å². The Bertz CT molecular complexity index is 588. The van der Waals surface area contributed by atoms with Crippen LogP contribution in [0.25, 0.3) is 0 Å². The van der Waals surface area contributed by atoms with Crippen molar-refractivity contribution >= 4 is 5.97 Å². The first kappa shape index (κ1) is 21.4. The zero-order valence-electron chi connectivity index (χ0n) is 16.7. The Labute approximate surface area is 153 Å². The summed E-state index contributed by atoms with van der Waals surface area (Å²) in [5.74, 6) is -0.290. The van der Waals surface area contributed by atoms with Crippen LogP contribution >= 0.6 is 0 Å². The molecule has 0 amide bonds. The molecule has 0 aromatic heterocycles. The molecular formula is C22H34O3. The molecule has 25 heavy (non-hydrogen) atoms. The van der Waals surface area contributed by atoms with Crippen molar-refractivity contribution in [2.45, 2.75) is 73.3 Å². The van der Waals surface area contributed by atoms with Gasteiger partial charge in [-0.1, -0.05) is 48.8 Å². The van der Waals surface area contributed by atoms with Gasteiger partial charge >= 0.3 is 5.97 Å². The van der Waals surface area contributed by atoms with Crippen molar-refractivity contribution in [3.8, 4) is 0 Å². The second kappa shape index (κ2) is 9.76. The zero-order valence-corrected chi connectivity index (χ0v) is 16.7. The minimum Gasteiger partial charge on any atom is -0.462 e. The molecule has 1 aliphatic carbocycles. The van der Waals surface area contributed by atoms with E-state index < -0.39 is 6.10 Å². The van der Waals surface area contributed by atoms with E-state index in [0.29, 0.717) is 0 Å². The summed E-state index contributed by atoms with van der Waals surface area (Å²) in [4.78, 5) is 10.7. The summed E-state index contributed by atoms with van der Waals surface area (Å²) < 4.78 is 4.87. The Kier molecular flexibility index (Phi) is 8.37. The minimum atomic E-state index is -0.593. The van der Waals surface area contributed by atoms with E-state index in [0.717, 1.165) is 17.6 Å². The number of ether oxygens (including phenoxy) is 1. The molecule has 0 saturated heterocycles. The maximum absolute atomic E-state index is 10.7. The summed E-state index contributed by atoms with van der Waals surface area (Å²) in [6.45, 7) is 12.4. The lowest BCUT2D eigenvalue weighted by Gasteiger charge is -2.34. The van der Waals surface area contributed by atoms with Gasteiger partial charge in [0.05, 0.1) is 6.10 Å². The fourth-order valence-electron chi connectivity index (χ4n) is 3.26. The van der Waals surface area contributed by atoms with Crippen molar-refractivity contribution in [1.82, 2.24) is 0 Å². The van der Waals surface area contributed by atoms with E-state index in [1.165, 1.54) is 37.3 Å². The highest BCUT2D eigenvalue weighted by Crippen LogP contribution is 2.42. The largest absolute Gasteiger partial charge is 0.462 e. The molecule has 1 rings (SSSR count). The lowest BCUT2D eigenvalue weighted by atomic mass is 9.71. The van der Waals surface area contributed by atoms with Gasteiger partial charge < -0.3 is 9.84 Å². The molecule has 0 heterocycles. The van der Waals surface area contributed by atoms with Gasteiger partial charge in [-0.15, -0.1) is 0 Å². The minimum absolute atomic E-state index is 0.260. The van der Waals surface area contributed by atoms with Gasteiger partial charge in [-0.05, 0) is 63.5 Å². The number of rotatable bonds is 7. The molecule has 0 radical (unpaired) electrons. The van der Waals surface area contributed by atoms with Gasteiger partial charge in [0.1, 0.15) is 6.61 Å². The number of carbonyl (C=O) groups is 1. The van der Waals surface area contributed by atoms with Crippen LogP contribution < -0.4 is 0 Å².